The average molecular weight is 579 g/mol. The zero-order chi connectivity index (χ0) is 30.5. The lowest BCUT2D eigenvalue weighted by Crippen LogP contribution is -2.51. The van der Waals surface area contributed by atoms with Crippen molar-refractivity contribution >= 4 is 23.2 Å². The Balaban J connectivity index is 1.40. The highest BCUT2D eigenvalue weighted by Gasteiger charge is 2.33. The minimum Gasteiger partial charge on any atom is -0.381 e. The standard InChI is InChI=1S/C35H54N4O3/c1-7-20-38(25-32(40)36-33-26(2)15-13-16-27(33)3)21-11-9-8-10-12-22-39-23-19-30(42-6)24-31(39)35(41)37-34-28(4)17-14-18-29(34)5/h13-18,30-31H,7-12,19-25H2,1-6H3,(H,36,40)(H,37,41)/t30?,31-/m1/s1. The monoisotopic (exact) mass is 578 g/mol. The molecule has 1 unspecified atom stereocenters. The molecule has 0 saturated carbocycles. The fraction of sp³-hybridized carbons (Fsp3) is 0.600. The van der Waals surface area contributed by atoms with Crippen LogP contribution in [0.1, 0.15) is 80.5 Å². The summed E-state index contributed by atoms with van der Waals surface area (Å²) in [6.07, 6.45) is 8.52. The summed E-state index contributed by atoms with van der Waals surface area (Å²) in [6.45, 7) is 14.5. The summed E-state index contributed by atoms with van der Waals surface area (Å²) in [5.74, 6) is 0.140. The summed E-state index contributed by atoms with van der Waals surface area (Å²) in [6, 6.07) is 12.0. The summed E-state index contributed by atoms with van der Waals surface area (Å²) in [4.78, 5) is 30.8. The Bertz CT molecular complexity index is 1110. The van der Waals surface area contributed by atoms with E-state index < -0.39 is 0 Å². The van der Waals surface area contributed by atoms with Crippen molar-refractivity contribution in [3.05, 3.63) is 58.7 Å². The Morgan fingerprint density at radius 2 is 1.43 bits per heavy atom. The van der Waals surface area contributed by atoms with Crippen LogP contribution in [-0.2, 0) is 14.3 Å². The van der Waals surface area contributed by atoms with Crippen LogP contribution in [0, 0.1) is 27.7 Å². The lowest BCUT2D eigenvalue weighted by molar-refractivity contribution is -0.125. The van der Waals surface area contributed by atoms with E-state index in [2.05, 4.69) is 27.4 Å². The van der Waals surface area contributed by atoms with E-state index in [1.165, 1.54) is 6.42 Å². The lowest BCUT2D eigenvalue weighted by atomic mass is 9.97. The second kappa shape index (κ2) is 17.4. The van der Waals surface area contributed by atoms with Gasteiger partial charge in [0.25, 0.3) is 0 Å². The number of piperidine rings is 1. The predicted molar refractivity (Wildman–Crippen MR) is 174 cm³/mol. The maximum Gasteiger partial charge on any atom is 0.241 e. The number of benzene rings is 2. The molecule has 0 radical (unpaired) electrons. The van der Waals surface area contributed by atoms with Crippen molar-refractivity contribution in [2.24, 2.45) is 0 Å². The number of methoxy groups -OCH3 is 1. The number of hydrogen-bond acceptors (Lipinski definition) is 5. The van der Waals surface area contributed by atoms with E-state index in [-0.39, 0.29) is 24.0 Å². The number of nitrogens with zero attached hydrogens (tertiary/aromatic N) is 2. The van der Waals surface area contributed by atoms with Crippen LogP contribution in [0.2, 0.25) is 0 Å². The minimum atomic E-state index is -0.167. The van der Waals surface area contributed by atoms with Crippen LogP contribution in [0.3, 0.4) is 0 Å². The number of aryl methyl sites for hydroxylation is 4. The summed E-state index contributed by atoms with van der Waals surface area (Å²) < 4.78 is 5.65. The van der Waals surface area contributed by atoms with E-state index >= 15 is 0 Å². The smallest absolute Gasteiger partial charge is 0.241 e. The van der Waals surface area contributed by atoms with Gasteiger partial charge < -0.3 is 15.4 Å². The van der Waals surface area contributed by atoms with Crippen molar-refractivity contribution in [2.75, 3.05) is 50.5 Å². The van der Waals surface area contributed by atoms with Crippen LogP contribution in [0.15, 0.2) is 36.4 Å². The number of amides is 2. The molecule has 232 valence electrons. The molecule has 1 fully saturated rings. The van der Waals surface area contributed by atoms with Gasteiger partial charge in [0.05, 0.1) is 18.7 Å². The maximum atomic E-state index is 13.4. The van der Waals surface area contributed by atoms with Gasteiger partial charge in [0, 0.05) is 25.0 Å². The van der Waals surface area contributed by atoms with Crippen molar-refractivity contribution in [1.29, 1.82) is 0 Å². The summed E-state index contributed by atoms with van der Waals surface area (Å²) >= 11 is 0. The molecule has 0 aromatic heterocycles. The molecule has 1 aliphatic heterocycles. The van der Waals surface area contributed by atoms with E-state index in [9.17, 15) is 9.59 Å². The van der Waals surface area contributed by atoms with E-state index in [0.29, 0.717) is 6.54 Å². The van der Waals surface area contributed by atoms with Crippen molar-refractivity contribution in [2.45, 2.75) is 98.1 Å². The van der Waals surface area contributed by atoms with Gasteiger partial charge in [-0.05, 0) is 102 Å². The Labute approximate surface area is 254 Å². The Morgan fingerprint density at radius 3 is 2.02 bits per heavy atom. The van der Waals surface area contributed by atoms with Crippen LogP contribution in [0.5, 0.6) is 0 Å². The normalized spacial score (nSPS) is 17.4. The summed E-state index contributed by atoms with van der Waals surface area (Å²) in [5.41, 5.74) is 6.25. The van der Waals surface area contributed by atoms with Gasteiger partial charge in [0.2, 0.25) is 11.8 Å². The zero-order valence-electron chi connectivity index (χ0n) is 26.9. The first-order valence-electron chi connectivity index (χ1n) is 16.0. The molecule has 0 bridgehead atoms. The fourth-order valence-corrected chi connectivity index (χ4v) is 6.11. The predicted octanol–water partition coefficient (Wildman–Crippen LogP) is 6.64. The molecular weight excluding hydrogens is 524 g/mol. The second-order valence-corrected chi connectivity index (χ2v) is 12.0. The largest absolute Gasteiger partial charge is 0.381 e. The van der Waals surface area contributed by atoms with E-state index in [1.54, 1.807) is 7.11 Å². The molecule has 0 spiro atoms. The molecule has 2 amide bonds. The maximum absolute atomic E-state index is 13.4. The third kappa shape index (κ3) is 10.2. The van der Waals surface area contributed by atoms with Crippen molar-refractivity contribution in [3.8, 4) is 0 Å². The van der Waals surface area contributed by atoms with Crippen LogP contribution < -0.4 is 10.6 Å². The number of unbranched alkanes of at least 4 members (excludes halogenated alkanes) is 4. The van der Waals surface area contributed by atoms with Gasteiger partial charge >= 0.3 is 0 Å². The third-order valence-corrected chi connectivity index (χ3v) is 8.60. The minimum absolute atomic E-state index is 0.0641. The highest BCUT2D eigenvalue weighted by Crippen LogP contribution is 2.25. The van der Waals surface area contributed by atoms with Crippen molar-refractivity contribution < 1.29 is 14.3 Å². The van der Waals surface area contributed by atoms with Gasteiger partial charge in [-0.15, -0.1) is 0 Å². The third-order valence-electron chi connectivity index (χ3n) is 8.60. The van der Waals surface area contributed by atoms with Crippen molar-refractivity contribution in [1.82, 2.24) is 9.80 Å². The molecule has 1 heterocycles. The number of para-hydroxylation sites is 2. The quantitative estimate of drug-likeness (QED) is 0.219. The van der Waals surface area contributed by atoms with Crippen LogP contribution in [0.25, 0.3) is 0 Å². The number of nitrogens with one attached hydrogen (secondary N) is 2. The molecule has 2 aromatic rings. The Morgan fingerprint density at radius 1 is 0.857 bits per heavy atom. The Kier molecular flexibility index (Phi) is 14.0. The van der Waals surface area contributed by atoms with E-state index in [4.69, 9.17) is 4.74 Å². The van der Waals surface area contributed by atoms with Gasteiger partial charge in [-0.2, -0.15) is 0 Å². The highest BCUT2D eigenvalue weighted by molar-refractivity contribution is 5.96. The SMILES string of the molecule is CCCN(CCCCCCCN1CCC(OC)C[C@@H]1C(=O)Nc1c(C)cccc1C)CC(=O)Nc1c(C)cccc1C. The number of rotatable bonds is 16. The molecule has 1 saturated heterocycles. The molecular formula is C35H54N4O3. The van der Waals surface area contributed by atoms with Gasteiger partial charge in [-0.25, -0.2) is 0 Å². The number of likely N-dealkylation sites (tertiary alicyclic amines) is 1. The first-order valence-corrected chi connectivity index (χ1v) is 16.0. The van der Waals surface area contributed by atoms with E-state index in [1.807, 2.05) is 64.1 Å². The van der Waals surface area contributed by atoms with E-state index in [0.717, 1.165) is 105 Å². The van der Waals surface area contributed by atoms with Crippen LogP contribution in [-0.4, -0.2) is 73.6 Å². The number of carbonyl (C=O) groups is 2. The molecule has 2 aromatic carbocycles. The van der Waals surface area contributed by atoms with Gasteiger partial charge in [-0.3, -0.25) is 19.4 Å². The molecule has 7 nitrogen and oxygen atoms in total. The number of hydrogen-bond donors (Lipinski definition) is 2. The van der Waals surface area contributed by atoms with Gasteiger partial charge in [0.1, 0.15) is 0 Å². The molecule has 42 heavy (non-hydrogen) atoms. The molecule has 2 atom stereocenters. The number of ether oxygens (including phenoxy) is 1. The number of anilines is 2. The summed E-state index contributed by atoms with van der Waals surface area (Å²) in [7, 11) is 1.75. The molecule has 2 N–H and O–H groups in total. The highest BCUT2D eigenvalue weighted by atomic mass is 16.5. The fourth-order valence-electron chi connectivity index (χ4n) is 6.11. The topological polar surface area (TPSA) is 73.9 Å². The van der Waals surface area contributed by atoms with Crippen molar-refractivity contribution in [3.63, 3.8) is 0 Å². The molecule has 7 heteroatoms. The lowest BCUT2D eigenvalue weighted by Gasteiger charge is -2.38. The summed E-state index contributed by atoms with van der Waals surface area (Å²) in [5, 5.41) is 6.36. The van der Waals surface area contributed by atoms with Crippen LogP contribution >= 0.6 is 0 Å². The number of carbonyl (C=O) groups excluding carboxylic acids is 2. The Hall–Kier alpha value is -2.74. The first kappa shape index (κ1) is 33.8. The average Bonchev–Trinajstić information content (AvgIpc) is 2.96. The first-order chi connectivity index (χ1) is 20.2. The molecule has 3 rings (SSSR count). The molecule has 0 aliphatic carbocycles. The van der Waals surface area contributed by atoms with Crippen LogP contribution in [0.4, 0.5) is 11.4 Å². The van der Waals surface area contributed by atoms with Gasteiger partial charge in [0.15, 0.2) is 0 Å². The second-order valence-electron chi connectivity index (χ2n) is 12.0. The molecule has 1 aliphatic rings. The van der Waals surface area contributed by atoms with Gasteiger partial charge in [-0.1, -0.05) is 62.6 Å². The zero-order valence-corrected chi connectivity index (χ0v) is 26.9.